The number of hydrogen-bond acceptors (Lipinski definition) is 4. The average molecular weight is 283 g/mol. The van der Waals surface area contributed by atoms with Crippen molar-refractivity contribution in [2.75, 3.05) is 19.8 Å². The Labute approximate surface area is 124 Å². The lowest BCUT2D eigenvalue weighted by atomic mass is 9.79. The van der Waals surface area contributed by atoms with Gasteiger partial charge in [-0.05, 0) is 53.9 Å². The molecule has 2 rings (SSSR count). The second-order valence-corrected chi connectivity index (χ2v) is 8.03. The molecule has 0 radical (unpaired) electrons. The van der Waals surface area contributed by atoms with E-state index in [1.807, 2.05) is 0 Å². The van der Waals surface area contributed by atoms with Crippen LogP contribution in [0.5, 0.6) is 0 Å². The highest BCUT2D eigenvalue weighted by molar-refractivity contribution is 5.00. The lowest BCUT2D eigenvalue weighted by Gasteiger charge is -2.47. The number of morpholine rings is 1. The Morgan fingerprint density at radius 1 is 1.20 bits per heavy atom. The molecule has 3 N–H and O–H groups in total. The molecule has 0 aromatic heterocycles. The van der Waals surface area contributed by atoms with E-state index in [9.17, 15) is 0 Å². The molecule has 2 aliphatic rings. The Bertz CT molecular complexity index is 295. The minimum Gasteiger partial charge on any atom is -0.379 e. The molecule has 118 valence electrons. The van der Waals surface area contributed by atoms with Gasteiger partial charge in [0.05, 0.1) is 13.2 Å². The first-order valence-electron chi connectivity index (χ1n) is 8.12. The van der Waals surface area contributed by atoms with Gasteiger partial charge in [-0.3, -0.25) is 0 Å². The van der Waals surface area contributed by atoms with Gasteiger partial charge in [-0.2, -0.15) is 0 Å². The quantitative estimate of drug-likeness (QED) is 0.734. The van der Waals surface area contributed by atoms with Crippen LogP contribution in [-0.2, 0) is 4.74 Å². The van der Waals surface area contributed by atoms with Gasteiger partial charge in [0, 0.05) is 35.7 Å². The van der Waals surface area contributed by atoms with Crippen molar-refractivity contribution in [3.63, 3.8) is 0 Å². The normalized spacial score (nSPS) is 31.9. The van der Waals surface area contributed by atoms with Crippen molar-refractivity contribution in [2.45, 2.75) is 83.1 Å². The summed E-state index contributed by atoms with van der Waals surface area (Å²) in [6.45, 7) is 14.2. The molecular formula is C16H33N3O. The fourth-order valence-electron chi connectivity index (χ4n) is 4.11. The molecule has 0 aromatic carbocycles. The van der Waals surface area contributed by atoms with Gasteiger partial charge in [0.15, 0.2) is 0 Å². The Balaban J connectivity index is 1.82. The number of hydrogen-bond donors (Lipinski definition) is 3. The van der Waals surface area contributed by atoms with Crippen LogP contribution < -0.4 is 16.0 Å². The summed E-state index contributed by atoms with van der Waals surface area (Å²) in [6, 6.07) is 1.64. The maximum atomic E-state index is 5.54. The summed E-state index contributed by atoms with van der Waals surface area (Å²) in [4.78, 5) is 0. The SMILES string of the molecule is CC(CC1COCCN1)NC1CC(C)(C)NC(C)(C)C1. The molecule has 4 nitrogen and oxygen atoms in total. The monoisotopic (exact) mass is 283 g/mol. The molecule has 20 heavy (non-hydrogen) atoms. The first kappa shape index (κ1) is 16.2. The molecule has 0 amide bonds. The van der Waals surface area contributed by atoms with Crippen LogP contribution in [0.2, 0.25) is 0 Å². The molecule has 0 saturated carbocycles. The van der Waals surface area contributed by atoms with Gasteiger partial charge >= 0.3 is 0 Å². The van der Waals surface area contributed by atoms with E-state index in [1.54, 1.807) is 0 Å². The second-order valence-electron chi connectivity index (χ2n) is 8.03. The molecule has 2 heterocycles. The summed E-state index contributed by atoms with van der Waals surface area (Å²) < 4.78 is 5.54. The van der Waals surface area contributed by atoms with E-state index in [4.69, 9.17) is 4.74 Å². The van der Waals surface area contributed by atoms with Gasteiger partial charge in [-0.25, -0.2) is 0 Å². The fraction of sp³-hybridized carbons (Fsp3) is 1.00. The van der Waals surface area contributed by atoms with Crippen molar-refractivity contribution in [3.05, 3.63) is 0 Å². The van der Waals surface area contributed by atoms with E-state index in [1.165, 1.54) is 12.8 Å². The van der Waals surface area contributed by atoms with E-state index in [2.05, 4.69) is 50.6 Å². The van der Waals surface area contributed by atoms with Crippen molar-refractivity contribution in [1.82, 2.24) is 16.0 Å². The molecule has 0 spiro atoms. The van der Waals surface area contributed by atoms with E-state index in [0.29, 0.717) is 18.1 Å². The van der Waals surface area contributed by atoms with Crippen LogP contribution in [-0.4, -0.2) is 49.0 Å². The zero-order valence-corrected chi connectivity index (χ0v) is 13.9. The number of nitrogens with one attached hydrogen (secondary N) is 3. The standard InChI is InChI=1S/C16H33N3O/c1-12(8-13-11-20-7-6-17-13)18-14-9-15(2,3)19-16(4,5)10-14/h12-14,17-19H,6-11H2,1-5H3. The molecule has 2 aliphatic heterocycles. The molecule has 0 bridgehead atoms. The minimum atomic E-state index is 0.214. The Hall–Kier alpha value is -0.160. The van der Waals surface area contributed by atoms with Gasteiger partial charge in [0.1, 0.15) is 0 Å². The van der Waals surface area contributed by atoms with E-state index < -0.39 is 0 Å². The smallest absolute Gasteiger partial charge is 0.0620 e. The molecule has 2 atom stereocenters. The Kier molecular flexibility index (Phi) is 5.11. The van der Waals surface area contributed by atoms with Crippen LogP contribution in [0.3, 0.4) is 0 Å². The van der Waals surface area contributed by atoms with Crippen LogP contribution in [0.4, 0.5) is 0 Å². The maximum Gasteiger partial charge on any atom is 0.0620 e. The average Bonchev–Trinajstić information content (AvgIpc) is 2.25. The summed E-state index contributed by atoms with van der Waals surface area (Å²) in [5.41, 5.74) is 0.427. The van der Waals surface area contributed by atoms with Gasteiger partial charge in [0.25, 0.3) is 0 Å². The Morgan fingerprint density at radius 3 is 2.40 bits per heavy atom. The predicted octanol–water partition coefficient (Wildman–Crippen LogP) is 1.65. The third kappa shape index (κ3) is 4.99. The largest absolute Gasteiger partial charge is 0.379 e. The topological polar surface area (TPSA) is 45.3 Å². The lowest BCUT2D eigenvalue weighted by Crippen LogP contribution is -2.62. The molecule has 0 aromatic rings. The Morgan fingerprint density at radius 2 is 1.85 bits per heavy atom. The molecule has 4 heteroatoms. The summed E-state index contributed by atoms with van der Waals surface area (Å²) in [6.07, 6.45) is 3.52. The summed E-state index contributed by atoms with van der Waals surface area (Å²) in [5.74, 6) is 0. The van der Waals surface area contributed by atoms with Crippen LogP contribution in [0, 0.1) is 0 Å². The van der Waals surface area contributed by atoms with Gasteiger partial charge < -0.3 is 20.7 Å². The van der Waals surface area contributed by atoms with Crippen LogP contribution in [0.25, 0.3) is 0 Å². The van der Waals surface area contributed by atoms with Crippen molar-refractivity contribution in [3.8, 4) is 0 Å². The molecular weight excluding hydrogens is 250 g/mol. The highest BCUT2D eigenvalue weighted by atomic mass is 16.5. The van der Waals surface area contributed by atoms with Gasteiger partial charge in [-0.1, -0.05) is 0 Å². The van der Waals surface area contributed by atoms with Gasteiger partial charge in [-0.15, -0.1) is 0 Å². The van der Waals surface area contributed by atoms with Crippen molar-refractivity contribution in [2.24, 2.45) is 0 Å². The molecule has 2 unspecified atom stereocenters. The summed E-state index contributed by atoms with van der Waals surface area (Å²) >= 11 is 0. The second kappa shape index (κ2) is 6.30. The zero-order valence-electron chi connectivity index (χ0n) is 13.9. The number of piperidine rings is 1. The number of ether oxygens (including phenoxy) is 1. The van der Waals surface area contributed by atoms with Crippen LogP contribution in [0.15, 0.2) is 0 Å². The van der Waals surface area contributed by atoms with Crippen LogP contribution >= 0.6 is 0 Å². The van der Waals surface area contributed by atoms with E-state index >= 15 is 0 Å². The maximum absolute atomic E-state index is 5.54. The molecule has 0 aliphatic carbocycles. The van der Waals surface area contributed by atoms with E-state index in [-0.39, 0.29) is 11.1 Å². The first-order chi connectivity index (χ1) is 9.26. The van der Waals surface area contributed by atoms with Crippen molar-refractivity contribution >= 4 is 0 Å². The fourth-order valence-corrected chi connectivity index (χ4v) is 4.11. The molecule has 2 saturated heterocycles. The van der Waals surface area contributed by atoms with Crippen LogP contribution in [0.1, 0.15) is 53.9 Å². The highest BCUT2D eigenvalue weighted by Gasteiger charge is 2.37. The summed E-state index contributed by atoms with van der Waals surface area (Å²) in [7, 11) is 0. The third-order valence-corrected chi connectivity index (χ3v) is 4.35. The first-order valence-corrected chi connectivity index (χ1v) is 8.12. The van der Waals surface area contributed by atoms with Crippen molar-refractivity contribution in [1.29, 1.82) is 0 Å². The van der Waals surface area contributed by atoms with Crippen molar-refractivity contribution < 1.29 is 4.74 Å². The minimum absolute atomic E-state index is 0.214. The zero-order chi connectivity index (χ0) is 14.8. The highest BCUT2D eigenvalue weighted by Crippen LogP contribution is 2.28. The number of rotatable bonds is 4. The predicted molar refractivity (Wildman–Crippen MR) is 84.1 cm³/mol. The van der Waals surface area contributed by atoms with E-state index in [0.717, 1.165) is 26.2 Å². The summed E-state index contributed by atoms with van der Waals surface area (Å²) in [5, 5.41) is 11.1. The third-order valence-electron chi connectivity index (χ3n) is 4.35. The lowest BCUT2D eigenvalue weighted by molar-refractivity contribution is 0.0689. The molecule has 2 fully saturated rings. The van der Waals surface area contributed by atoms with Gasteiger partial charge in [0.2, 0.25) is 0 Å².